The number of rotatable bonds is 5. The Morgan fingerprint density at radius 2 is 1.97 bits per heavy atom. The highest BCUT2D eigenvalue weighted by Crippen LogP contribution is 2.31. The SMILES string of the molecule is Cc1csc2nc(CSc3ncc(-c4ccccc4)n3CC(F)(F)F)cc(=O)n12. The quantitative estimate of drug-likeness (QED) is 0.423. The zero-order valence-electron chi connectivity index (χ0n) is 15.2. The molecule has 0 bridgehead atoms. The maximum Gasteiger partial charge on any atom is 0.406 e. The van der Waals surface area contributed by atoms with Crippen LogP contribution >= 0.6 is 23.1 Å². The Morgan fingerprint density at radius 1 is 1.21 bits per heavy atom. The zero-order chi connectivity index (χ0) is 20.6. The first-order valence-corrected chi connectivity index (χ1v) is 10.5. The van der Waals surface area contributed by atoms with Crippen molar-refractivity contribution in [1.29, 1.82) is 0 Å². The third kappa shape index (κ3) is 4.23. The molecule has 0 spiro atoms. The number of imidazole rings is 1. The van der Waals surface area contributed by atoms with Crippen LogP contribution in [0.15, 0.2) is 57.9 Å². The van der Waals surface area contributed by atoms with Gasteiger partial charge in [0.2, 0.25) is 0 Å². The number of fused-ring (bicyclic) bond motifs is 1. The summed E-state index contributed by atoms with van der Waals surface area (Å²) in [4.78, 5) is 21.5. The fourth-order valence-electron chi connectivity index (χ4n) is 2.96. The van der Waals surface area contributed by atoms with Crippen molar-refractivity contribution in [2.75, 3.05) is 0 Å². The van der Waals surface area contributed by atoms with Crippen LogP contribution in [0.25, 0.3) is 16.2 Å². The average Bonchev–Trinajstić information content (AvgIpc) is 3.23. The van der Waals surface area contributed by atoms with Gasteiger partial charge in [0, 0.05) is 22.9 Å². The molecule has 3 aromatic heterocycles. The second-order valence-corrected chi connectivity index (χ2v) is 8.14. The van der Waals surface area contributed by atoms with Crippen LogP contribution in [0.4, 0.5) is 13.2 Å². The van der Waals surface area contributed by atoms with Crippen molar-refractivity contribution < 1.29 is 13.2 Å². The first-order chi connectivity index (χ1) is 13.8. The summed E-state index contributed by atoms with van der Waals surface area (Å²) >= 11 is 2.48. The topological polar surface area (TPSA) is 52.2 Å². The van der Waals surface area contributed by atoms with Gasteiger partial charge >= 0.3 is 6.18 Å². The van der Waals surface area contributed by atoms with Crippen LogP contribution in [-0.2, 0) is 12.3 Å². The van der Waals surface area contributed by atoms with Crippen LogP contribution in [-0.4, -0.2) is 25.1 Å². The largest absolute Gasteiger partial charge is 0.406 e. The lowest BCUT2D eigenvalue weighted by Crippen LogP contribution is -2.19. The van der Waals surface area contributed by atoms with E-state index in [-0.39, 0.29) is 16.5 Å². The number of halogens is 3. The Morgan fingerprint density at radius 3 is 2.69 bits per heavy atom. The molecule has 4 aromatic rings. The fourth-order valence-corrected chi connectivity index (χ4v) is 4.72. The number of aryl methyl sites for hydroxylation is 1. The fraction of sp³-hybridized carbons (Fsp3) is 0.211. The summed E-state index contributed by atoms with van der Waals surface area (Å²) in [5.41, 5.74) is 2.15. The van der Waals surface area contributed by atoms with E-state index in [1.807, 2.05) is 12.3 Å². The van der Waals surface area contributed by atoms with E-state index < -0.39 is 12.7 Å². The molecule has 0 radical (unpaired) electrons. The summed E-state index contributed by atoms with van der Waals surface area (Å²) in [6.07, 6.45) is -2.94. The molecule has 0 aliphatic rings. The second-order valence-electron chi connectivity index (χ2n) is 6.36. The Kier molecular flexibility index (Phi) is 5.22. The van der Waals surface area contributed by atoms with Crippen LogP contribution in [0.1, 0.15) is 11.4 Å². The van der Waals surface area contributed by atoms with E-state index in [1.54, 1.807) is 30.3 Å². The standard InChI is InChI=1S/C19H15F3N4OS2/c1-12-9-28-18-24-14(7-16(27)26(12)18)10-29-17-23-8-15(13-5-3-2-4-6-13)25(17)11-19(20,21)22/h2-9H,10-11H2,1H3. The van der Waals surface area contributed by atoms with Crippen LogP contribution in [0.3, 0.4) is 0 Å². The molecule has 150 valence electrons. The van der Waals surface area contributed by atoms with Gasteiger partial charge in [-0.25, -0.2) is 9.97 Å². The van der Waals surface area contributed by atoms with Crippen LogP contribution in [0.5, 0.6) is 0 Å². The minimum Gasteiger partial charge on any atom is -0.310 e. The van der Waals surface area contributed by atoms with Gasteiger partial charge in [0.25, 0.3) is 5.56 Å². The van der Waals surface area contributed by atoms with Crippen molar-refractivity contribution in [2.45, 2.75) is 30.6 Å². The molecule has 0 fully saturated rings. The van der Waals surface area contributed by atoms with Gasteiger partial charge in [-0.05, 0) is 12.5 Å². The van der Waals surface area contributed by atoms with E-state index in [2.05, 4.69) is 9.97 Å². The number of alkyl halides is 3. The molecule has 0 aliphatic heterocycles. The molecule has 0 saturated carbocycles. The molecule has 1 aromatic carbocycles. The minimum absolute atomic E-state index is 0.201. The van der Waals surface area contributed by atoms with E-state index >= 15 is 0 Å². The third-order valence-corrected chi connectivity index (χ3v) is 6.17. The molecule has 0 atom stereocenters. The van der Waals surface area contributed by atoms with Gasteiger partial charge in [0.05, 0.1) is 17.6 Å². The van der Waals surface area contributed by atoms with Gasteiger partial charge in [0.1, 0.15) is 6.54 Å². The number of benzene rings is 1. The van der Waals surface area contributed by atoms with E-state index in [9.17, 15) is 18.0 Å². The van der Waals surface area contributed by atoms with Crippen molar-refractivity contribution in [3.05, 3.63) is 69.7 Å². The van der Waals surface area contributed by atoms with E-state index in [1.165, 1.54) is 28.0 Å². The van der Waals surface area contributed by atoms with E-state index in [4.69, 9.17) is 0 Å². The molecule has 0 amide bonds. The highest BCUT2D eigenvalue weighted by atomic mass is 32.2. The maximum absolute atomic E-state index is 13.2. The first kappa shape index (κ1) is 19.7. The normalized spacial score (nSPS) is 12.0. The summed E-state index contributed by atoms with van der Waals surface area (Å²) in [7, 11) is 0. The minimum atomic E-state index is -4.38. The molecule has 10 heteroatoms. The number of hydrogen-bond donors (Lipinski definition) is 0. The Balaban J connectivity index is 1.65. The molecular formula is C19H15F3N4OS2. The molecule has 0 saturated heterocycles. The van der Waals surface area contributed by atoms with Crippen molar-refractivity contribution in [2.24, 2.45) is 0 Å². The van der Waals surface area contributed by atoms with E-state index in [0.29, 0.717) is 21.9 Å². The maximum atomic E-state index is 13.2. The molecule has 0 unspecified atom stereocenters. The second kappa shape index (κ2) is 7.68. The Bertz CT molecular complexity index is 1210. The van der Waals surface area contributed by atoms with Crippen molar-refractivity contribution in [3.63, 3.8) is 0 Å². The van der Waals surface area contributed by atoms with Gasteiger partial charge in [0.15, 0.2) is 10.1 Å². The van der Waals surface area contributed by atoms with Gasteiger partial charge in [-0.3, -0.25) is 9.20 Å². The third-order valence-electron chi connectivity index (χ3n) is 4.20. The number of thioether (sulfide) groups is 1. The highest BCUT2D eigenvalue weighted by molar-refractivity contribution is 7.98. The highest BCUT2D eigenvalue weighted by Gasteiger charge is 2.30. The lowest BCUT2D eigenvalue weighted by atomic mass is 10.2. The molecule has 0 N–H and O–H groups in total. The number of aromatic nitrogens is 4. The summed E-state index contributed by atoms with van der Waals surface area (Å²) in [5.74, 6) is 0.242. The summed E-state index contributed by atoms with van der Waals surface area (Å²) in [5, 5.41) is 2.06. The lowest BCUT2D eigenvalue weighted by molar-refractivity contribution is -0.141. The number of thiazole rings is 1. The number of hydrogen-bond acceptors (Lipinski definition) is 5. The average molecular weight is 436 g/mol. The molecule has 5 nitrogen and oxygen atoms in total. The smallest absolute Gasteiger partial charge is 0.310 e. The van der Waals surface area contributed by atoms with Crippen LogP contribution < -0.4 is 5.56 Å². The molecule has 29 heavy (non-hydrogen) atoms. The molecule has 0 aliphatic carbocycles. The Hall–Kier alpha value is -2.59. The van der Waals surface area contributed by atoms with Crippen molar-refractivity contribution >= 4 is 28.1 Å². The van der Waals surface area contributed by atoms with Crippen LogP contribution in [0, 0.1) is 6.92 Å². The Labute approximate surface area is 171 Å². The predicted octanol–water partition coefficient (Wildman–Crippen LogP) is 4.78. The molecular weight excluding hydrogens is 421 g/mol. The van der Waals surface area contributed by atoms with Crippen molar-refractivity contribution in [1.82, 2.24) is 18.9 Å². The summed E-state index contributed by atoms with van der Waals surface area (Å²) in [6.45, 7) is 0.679. The van der Waals surface area contributed by atoms with Gasteiger partial charge in [-0.1, -0.05) is 42.1 Å². The molecule has 3 heterocycles. The lowest BCUT2D eigenvalue weighted by Gasteiger charge is -2.14. The van der Waals surface area contributed by atoms with Gasteiger partial charge in [-0.15, -0.1) is 11.3 Å². The molecule has 4 rings (SSSR count). The zero-order valence-corrected chi connectivity index (χ0v) is 16.8. The first-order valence-electron chi connectivity index (χ1n) is 8.59. The number of nitrogens with zero attached hydrogens (tertiary/aromatic N) is 4. The van der Waals surface area contributed by atoms with Crippen LogP contribution in [0.2, 0.25) is 0 Å². The van der Waals surface area contributed by atoms with Gasteiger partial charge in [-0.2, -0.15) is 13.2 Å². The predicted molar refractivity (Wildman–Crippen MR) is 107 cm³/mol. The monoisotopic (exact) mass is 436 g/mol. The van der Waals surface area contributed by atoms with Crippen molar-refractivity contribution in [3.8, 4) is 11.3 Å². The van der Waals surface area contributed by atoms with E-state index in [0.717, 1.165) is 22.0 Å². The summed E-state index contributed by atoms with van der Waals surface area (Å²) < 4.78 is 42.2. The van der Waals surface area contributed by atoms with Gasteiger partial charge < -0.3 is 4.57 Å². The summed E-state index contributed by atoms with van der Waals surface area (Å²) in [6, 6.07) is 10.2.